The lowest BCUT2D eigenvalue weighted by Crippen LogP contribution is -2.44. The molecule has 2 fully saturated rings. The van der Waals surface area contributed by atoms with E-state index < -0.39 is 28.4 Å². The number of carbonyl (C=O) groups is 2. The van der Waals surface area contributed by atoms with Crippen LogP contribution in [0.5, 0.6) is 0 Å². The highest BCUT2D eigenvalue weighted by Gasteiger charge is 2.64. The molecule has 0 radical (unpaired) electrons. The van der Waals surface area contributed by atoms with E-state index in [2.05, 4.69) is 5.32 Å². The van der Waals surface area contributed by atoms with Gasteiger partial charge in [0.1, 0.15) is 5.41 Å². The second kappa shape index (κ2) is 4.36. The SMILES string of the molecule is CC1(C)C(=O)[C@]2(C(=O)Nc3ccc(F)c(F)c3)CC[C@H]1C2. The van der Waals surface area contributed by atoms with Crippen molar-refractivity contribution in [2.75, 3.05) is 5.32 Å². The third kappa shape index (κ3) is 1.90. The maximum absolute atomic E-state index is 13.2. The van der Waals surface area contributed by atoms with Crippen LogP contribution in [-0.4, -0.2) is 11.7 Å². The van der Waals surface area contributed by atoms with Crippen LogP contribution in [0, 0.1) is 28.4 Å². The van der Waals surface area contributed by atoms with E-state index in [-0.39, 0.29) is 17.4 Å². The number of amides is 1. The molecule has 1 aromatic carbocycles. The fourth-order valence-electron chi connectivity index (χ4n) is 3.80. The highest BCUT2D eigenvalue weighted by molar-refractivity contribution is 6.15. The van der Waals surface area contributed by atoms with E-state index in [4.69, 9.17) is 0 Å². The molecule has 2 bridgehead atoms. The van der Waals surface area contributed by atoms with E-state index >= 15 is 0 Å². The fraction of sp³-hybridized carbons (Fsp3) is 0.500. The van der Waals surface area contributed by atoms with Gasteiger partial charge < -0.3 is 5.32 Å². The maximum atomic E-state index is 13.2. The molecule has 2 atom stereocenters. The van der Waals surface area contributed by atoms with Crippen molar-refractivity contribution in [3.63, 3.8) is 0 Å². The van der Waals surface area contributed by atoms with Crippen molar-refractivity contribution in [3.8, 4) is 0 Å². The van der Waals surface area contributed by atoms with Gasteiger partial charge in [0, 0.05) is 17.2 Å². The third-order valence-electron chi connectivity index (χ3n) is 5.17. The van der Waals surface area contributed by atoms with E-state index in [1.54, 1.807) is 0 Å². The lowest BCUT2D eigenvalue weighted by atomic mass is 9.70. The smallest absolute Gasteiger partial charge is 0.238 e. The van der Waals surface area contributed by atoms with Crippen molar-refractivity contribution >= 4 is 17.4 Å². The zero-order valence-electron chi connectivity index (χ0n) is 12.0. The van der Waals surface area contributed by atoms with Crippen molar-refractivity contribution in [1.29, 1.82) is 0 Å². The maximum Gasteiger partial charge on any atom is 0.238 e. The Balaban J connectivity index is 1.86. The number of anilines is 1. The molecular weight excluding hydrogens is 276 g/mol. The molecule has 1 amide bonds. The van der Waals surface area contributed by atoms with E-state index in [1.165, 1.54) is 6.07 Å². The van der Waals surface area contributed by atoms with Crippen LogP contribution in [0.2, 0.25) is 0 Å². The molecule has 2 aliphatic carbocycles. The van der Waals surface area contributed by atoms with Gasteiger partial charge in [-0.2, -0.15) is 0 Å². The molecule has 2 aliphatic rings. The Morgan fingerprint density at radius 1 is 1.29 bits per heavy atom. The Morgan fingerprint density at radius 3 is 2.57 bits per heavy atom. The van der Waals surface area contributed by atoms with Crippen LogP contribution in [0.15, 0.2) is 18.2 Å². The van der Waals surface area contributed by atoms with Gasteiger partial charge in [-0.05, 0) is 37.3 Å². The quantitative estimate of drug-likeness (QED) is 0.850. The number of ketones is 1. The first-order valence-corrected chi connectivity index (χ1v) is 7.09. The summed E-state index contributed by atoms with van der Waals surface area (Å²) in [6.07, 6.45) is 1.94. The zero-order valence-corrected chi connectivity index (χ0v) is 12.0. The summed E-state index contributed by atoms with van der Waals surface area (Å²) in [7, 11) is 0. The van der Waals surface area contributed by atoms with Gasteiger partial charge in [0.15, 0.2) is 17.4 Å². The van der Waals surface area contributed by atoms with Crippen LogP contribution in [-0.2, 0) is 9.59 Å². The first-order valence-electron chi connectivity index (χ1n) is 7.09. The van der Waals surface area contributed by atoms with Crippen LogP contribution in [0.4, 0.5) is 14.5 Å². The molecule has 3 rings (SSSR count). The van der Waals surface area contributed by atoms with E-state index in [0.29, 0.717) is 12.8 Å². The average molecular weight is 293 g/mol. The summed E-state index contributed by atoms with van der Waals surface area (Å²) in [6.45, 7) is 3.76. The standard InChI is InChI=1S/C16H17F2NO2/c1-15(2)9-5-6-16(8-9,13(15)20)14(21)19-10-3-4-11(17)12(18)7-10/h3-4,7,9H,5-6,8H2,1-2H3,(H,19,21)/t9-,16-/m0/s1. The number of halogens is 2. The molecular formula is C16H17F2NO2. The van der Waals surface area contributed by atoms with E-state index in [0.717, 1.165) is 18.6 Å². The monoisotopic (exact) mass is 293 g/mol. The van der Waals surface area contributed by atoms with Crippen LogP contribution in [0.1, 0.15) is 33.1 Å². The van der Waals surface area contributed by atoms with Crippen LogP contribution in [0.25, 0.3) is 0 Å². The van der Waals surface area contributed by atoms with Crippen molar-refractivity contribution < 1.29 is 18.4 Å². The number of benzene rings is 1. The second-order valence-electron chi connectivity index (χ2n) is 6.66. The van der Waals surface area contributed by atoms with Crippen LogP contribution in [0.3, 0.4) is 0 Å². The zero-order chi connectivity index (χ0) is 15.4. The van der Waals surface area contributed by atoms with Crippen LogP contribution < -0.4 is 5.32 Å². The highest BCUT2D eigenvalue weighted by atomic mass is 19.2. The molecule has 1 aromatic rings. The molecule has 0 heterocycles. The molecule has 0 unspecified atom stereocenters. The summed E-state index contributed by atoms with van der Waals surface area (Å²) in [5, 5.41) is 2.57. The second-order valence-corrected chi connectivity index (χ2v) is 6.66. The Labute approximate surface area is 121 Å². The molecule has 2 saturated carbocycles. The Bertz CT molecular complexity index is 641. The van der Waals surface area contributed by atoms with Crippen molar-refractivity contribution in [2.24, 2.45) is 16.7 Å². The predicted octanol–water partition coefficient (Wildman–Crippen LogP) is 3.30. The fourth-order valence-corrected chi connectivity index (χ4v) is 3.80. The number of carbonyl (C=O) groups excluding carboxylic acids is 2. The van der Waals surface area contributed by atoms with E-state index in [1.807, 2.05) is 13.8 Å². The topological polar surface area (TPSA) is 46.2 Å². The van der Waals surface area contributed by atoms with Crippen molar-refractivity contribution in [2.45, 2.75) is 33.1 Å². The molecule has 3 nitrogen and oxygen atoms in total. The number of hydrogen-bond acceptors (Lipinski definition) is 2. The lowest BCUT2D eigenvalue weighted by Gasteiger charge is -2.32. The molecule has 0 aromatic heterocycles. The first-order chi connectivity index (χ1) is 9.77. The number of fused-ring (bicyclic) bond motifs is 2. The number of nitrogens with one attached hydrogen (secondary N) is 1. The number of Topliss-reactive ketones (excluding diaryl/α,β-unsaturated/α-hetero) is 1. The predicted molar refractivity (Wildman–Crippen MR) is 73.5 cm³/mol. The summed E-state index contributed by atoms with van der Waals surface area (Å²) < 4.78 is 26.1. The number of hydrogen-bond donors (Lipinski definition) is 1. The summed E-state index contributed by atoms with van der Waals surface area (Å²) in [4.78, 5) is 25.1. The summed E-state index contributed by atoms with van der Waals surface area (Å²) >= 11 is 0. The third-order valence-corrected chi connectivity index (χ3v) is 5.17. The first kappa shape index (κ1) is 14.2. The van der Waals surface area contributed by atoms with E-state index in [9.17, 15) is 18.4 Å². The van der Waals surface area contributed by atoms with Gasteiger partial charge in [-0.15, -0.1) is 0 Å². The average Bonchev–Trinajstić information content (AvgIpc) is 2.95. The molecule has 0 spiro atoms. The Morgan fingerprint density at radius 2 is 2.00 bits per heavy atom. The Kier molecular flexibility index (Phi) is 2.94. The van der Waals surface area contributed by atoms with Gasteiger partial charge in [0.2, 0.25) is 5.91 Å². The summed E-state index contributed by atoms with van der Waals surface area (Å²) in [5.74, 6) is -2.20. The molecule has 5 heteroatoms. The van der Waals surface area contributed by atoms with Crippen molar-refractivity contribution in [1.82, 2.24) is 0 Å². The normalized spacial score (nSPS) is 29.7. The van der Waals surface area contributed by atoms with Crippen LogP contribution >= 0.6 is 0 Å². The van der Waals surface area contributed by atoms with Gasteiger partial charge >= 0.3 is 0 Å². The van der Waals surface area contributed by atoms with Gasteiger partial charge in [-0.1, -0.05) is 13.8 Å². The van der Waals surface area contributed by atoms with Gasteiger partial charge in [0.05, 0.1) is 0 Å². The Hall–Kier alpha value is -1.78. The molecule has 112 valence electrons. The highest BCUT2D eigenvalue weighted by Crippen LogP contribution is 2.60. The minimum absolute atomic E-state index is 0.0358. The lowest BCUT2D eigenvalue weighted by molar-refractivity contribution is -0.142. The molecule has 0 aliphatic heterocycles. The molecule has 21 heavy (non-hydrogen) atoms. The number of rotatable bonds is 2. The molecule has 0 saturated heterocycles. The van der Waals surface area contributed by atoms with Gasteiger partial charge in [0.25, 0.3) is 0 Å². The minimum Gasteiger partial charge on any atom is -0.325 e. The summed E-state index contributed by atoms with van der Waals surface area (Å²) in [5.41, 5.74) is -1.31. The summed E-state index contributed by atoms with van der Waals surface area (Å²) in [6, 6.07) is 3.19. The van der Waals surface area contributed by atoms with Gasteiger partial charge in [-0.25, -0.2) is 8.78 Å². The largest absolute Gasteiger partial charge is 0.325 e. The molecule has 1 N–H and O–H groups in total. The van der Waals surface area contributed by atoms with Crippen molar-refractivity contribution in [3.05, 3.63) is 29.8 Å². The van der Waals surface area contributed by atoms with Gasteiger partial charge in [-0.3, -0.25) is 9.59 Å². The minimum atomic E-state index is -1.02.